The van der Waals surface area contributed by atoms with Crippen LogP contribution in [0.2, 0.25) is 0 Å². The topological polar surface area (TPSA) is 69.6 Å². The number of carboxylic acids is 1. The zero-order valence-electron chi connectivity index (χ0n) is 11.8. The predicted molar refractivity (Wildman–Crippen MR) is 81.1 cm³/mol. The molecule has 0 radical (unpaired) electrons. The van der Waals surface area contributed by atoms with Crippen LogP contribution in [0.4, 0.5) is 9.18 Å². The summed E-state index contributed by atoms with van der Waals surface area (Å²) in [7, 11) is 0. The van der Waals surface area contributed by atoms with E-state index in [2.05, 4.69) is 21.2 Å². The summed E-state index contributed by atoms with van der Waals surface area (Å²) >= 11 is 3.12. The van der Waals surface area contributed by atoms with Crippen LogP contribution >= 0.6 is 15.9 Å². The fourth-order valence-electron chi connectivity index (χ4n) is 2.86. The van der Waals surface area contributed by atoms with Crippen LogP contribution in [0.1, 0.15) is 24.3 Å². The number of benzene rings is 1. The second kappa shape index (κ2) is 5.87. The molecule has 1 aliphatic carbocycles. The monoisotopic (exact) mass is 370 g/mol. The predicted octanol–water partition coefficient (Wildman–Crippen LogP) is 2.56. The van der Waals surface area contributed by atoms with Gasteiger partial charge in [-0.25, -0.2) is 9.18 Å². The first-order chi connectivity index (χ1) is 10.5. The molecular formula is C15H16BrFN2O3. The highest BCUT2D eigenvalue weighted by molar-refractivity contribution is 9.10. The third kappa shape index (κ3) is 3.09. The summed E-state index contributed by atoms with van der Waals surface area (Å²) in [5.74, 6) is -1.51. The van der Waals surface area contributed by atoms with Gasteiger partial charge in [-0.1, -0.05) is 6.07 Å². The highest BCUT2D eigenvalue weighted by Crippen LogP contribution is 2.41. The number of likely N-dealkylation sites (tertiary alicyclic amines) is 1. The van der Waals surface area contributed by atoms with Crippen LogP contribution < -0.4 is 5.32 Å². The molecule has 0 aromatic heterocycles. The van der Waals surface area contributed by atoms with Gasteiger partial charge in [-0.05, 0) is 46.5 Å². The van der Waals surface area contributed by atoms with E-state index >= 15 is 0 Å². The van der Waals surface area contributed by atoms with Gasteiger partial charge in [0.1, 0.15) is 5.82 Å². The number of carboxylic acid groups (broad SMARTS) is 1. The van der Waals surface area contributed by atoms with Crippen LogP contribution in [0.15, 0.2) is 22.7 Å². The van der Waals surface area contributed by atoms with Crippen LogP contribution in [0.3, 0.4) is 0 Å². The number of carbonyl (C=O) groups is 2. The van der Waals surface area contributed by atoms with Crippen molar-refractivity contribution in [1.82, 2.24) is 10.2 Å². The van der Waals surface area contributed by atoms with Crippen LogP contribution in [-0.2, 0) is 4.79 Å². The Kier molecular flexibility index (Phi) is 4.08. The first kappa shape index (κ1) is 15.3. The van der Waals surface area contributed by atoms with Gasteiger partial charge in [-0.15, -0.1) is 0 Å². The molecule has 2 aliphatic rings. The Bertz CT molecular complexity index is 625. The molecular weight excluding hydrogens is 355 g/mol. The number of aliphatic carboxylic acids is 1. The molecule has 0 spiro atoms. The Morgan fingerprint density at radius 3 is 2.82 bits per heavy atom. The number of nitrogens with one attached hydrogen (secondary N) is 1. The lowest BCUT2D eigenvalue weighted by atomic mass is 10.1. The summed E-state index contributed by atoms with van der Waals surface area (Å²) in [6.07, 6.45) is 1.28. The van der Waals surface area contributed by atoms with Crippen molar-refractivity contribution in [3.8, 4) is 0 Å². The summed E-state index contributed by atoms with van der Waals surface area (Å²) in [5, 5.41) is 11.8. The van der Waals surface area contributed by atoms with E-state index in [4.69, 9.17) is 5.11 Å². The van der Waals surface area contributed by atoms with Gasteiger partial charge in [0, 0.05) is 25.0 Å². The number of nitrogens with zero attached hydrogens (tertiary/aromatic N) is 1. The Balaban J connectivity index is 1.54. The Morgan fingerprint density at radius 2 is 2.18 bits per heavy atom. The highest BCUT2D eigenvalue weighted by Gasteiger charge is 2.41. The van der Waals surface area contributed by atoms with E-state index in [1.54, 1.807) is 6.07 Å². The molecule has 1 aromatic rings. The fourth-order valence-corrected chi connectivity index (χ4v) is 3.11. The molecule has 0 bridgehead atoms. The number of rotatable bonds is 3. The number of urea groups is 1. The van der Waals surface area contributed by atoms with Gasteiger partial charge in [-0.3, -0.25) is 4.79 Å². The molecule has 118 valence electrons. The second-order valence-electron chi connectivity index (χ2n) is 5.84. The van der Waals surface area contributed by atoms with E-state index in [9.17, 15) is 14.0 Å². The molecule has 1 saturated heterocycles. The quantitative estimate of drug-likeness (QED) is 0.858. The van der Waals surface area contributed by atoms with E-state index in [0.717, 1.165) is 12.0 Å². The molecule has 2 amide bonds. The first-order valence-electron chi connectivity index (χ1n) is 7.19. The smallest absolute Gasteiger partial charge is 0.317 e. The van der Waals surface area contributed by atoms with Crippen LogP contribution in [0.25, 0.3) is 0 Å². The van der Waals surface area contributed by atoms with Crippen LogP contribution in [-0.4, -0.2) is 41.1 Å². The van der Waals surface area contributed by atoms with Gasteiger partial charge in [0.2, 0.25) is 0 Å². The summed E-state index contributed by atoms with van der Waals surface area (Å²) in [4.78, 5) is 24.5. The van der Waals surface area contributed by atoms with Crippen molar-refractivity contribution < 1.29 is 19.1 Å². The third-order valence-electron chi connectivity index (χ3n) is 4.30. The average molecular weight is 371 g/mol. The van der Waals surface area contributed by atoms with E-state index in [1.165, 1.54) is 11.0 Å². The molecule has 1 heterocycles. The number of halogens is 2. The molecule has 3 rings (SSSR count). The summed E-state index contributed by atoms with van der Waals surface area (Å²) < 4.78 is 13.9. The van der Waals surface area contributed by atoms with Crippen molar-refractivity contribution in [1.29, 1.82) is 0 Å². The minimum atomic E-state index is -0.857. The van der Waals surface area contributed by atoms with Gasteiger partial charge in [0.25, 0.3) is 0 Å². The number of carbonyl (C=O) groups excluding carboxylic acids is 1. The Hall–Kier alpha value is -1.63. The molecule has 5 nitrogen and oxygen atoms in total. The minimum absolute atomic E-state index is 0.00282. The maximum absolute atomic E-state index is 13.5. The highest BCUT2D eigenvalue weighted by atomic mass is 79.9. The Morgan fingerprint density at radius 1 is 1.41 bits per heavy atom. The molecule has 1 aliphatic heterocycles. The molecule has 2 N–H and O–H groups in total. The molecule has 2 fully saturated rings. The fraction of sp³-hybridized carbons (Fsp3) is 0.467. The van der Waals surface area contributed by atoms with E-state index in [1.807, 2.05) is 6.07 Å². The normalized spacial score (nSPS) is 26.8. The van der Waals surface area contributed by atoms with Gasteiger partial charge in [-0.2, -0.15) is 0 Å². The SMILES string of the molecule is O=C(O)C1CCN(C(=O)N[C@@H]2C[C@H]2c2ccc(Br)c(F)c2)C1. The number of hydrogen-bond acceptors (Lipinski definition) is 2. The molecule has 1 aromatic carbocycles. The van der Waals surface area contributed by atoms with E-state index in [-0.39, 0.29) is 30.4 Å². The van der Waals surface area contributed by atoms with Crippen LogP contribution in [0, 0.1) is 11.7 Å². The van der Waals surface area contributed by atoms with Gasteiger partial charge in [0.05, 0.1) is 10.4 Å². The minimum Gasteiger partial charge on any atom is -0.481 e. The van der Waals surface area contributed by atoms with Crippen LogP contribution in [0.5, 0.6) is 0 Å². The lowest BCUT2D eigenvalue weighted by molar-refractivity contribution is -0.141. The molecule has 22 heavy (non-hydrogen) atoms. The van der Waals surface area contributed by atoms with Crippen molar-refractivity contribution in [2.75, 3.05) is 13.1 Å². The van der Waals surface area contributed by atoms with Gasteiger partial charge >= 0.3 is 12.0 Å². The Labute approximate surface area is 135 Å². The second-order valence-corrected chi connectivity index (χ2v) is 6.70. The molecule has 1 unspecified atom stereocenters. The van der Waals surface area contributed by atoms with Crippen molar-refractivity contribution in [3.63, 3.8) is 0 Å². The average Bonchev–Trinajstić information content (AvgIpc) is 3.04. The lowest BCUT2D eigenvalue weighted by Crippen LogP contribution is -2.40. The van der Waals surface area contributed by atoms with Crippen molar-refractivity contribution in [2.45, 2.75) is 24.8 Å². The lowest BCUT2D eigenvalue weighted by Gasteiger charge is -2.16. The third-order valence-corrected chi connectivity index (χ3v) is 4.94. The largest absolute Gasteiger partial charge is 0.481 e. The summed E-state index contributed by atoms with van der Waals surface area (Å²) in [6.45, 7) is 0.721. The van der Waals surface area contributed by atoms with Gasteiger partial charge < -0.3 is 15.3 Å². The summed E-state index contributed by atoms with van der Waals surface area (Å²) in [6, 6.07) is 4.77. The standard InChI is InChI=1S/C15H16BrFN2O3/c16-11-2-1-8(5-12(11)17)10-6-13(10)18-15(22)19-4-3-9(7-19)14(20)21/h1-2,5,9-10,13H,3-4,6-7H2,(H,18,22)(H,20,21)/t9?,10-,13+/m0/s1. The zero-order chi connectivity index (χ0) is 15.9. The van der Waals surface area contributed by atoms with Gasteiger partial charge in [0.15, 0.2) is 0 Å². The van der Waals surface area contributed by atoms with E-state index in [0.29, 0.717) is 17.4 Å². The number of hydrogen-bond donors (Lipinski definition) is 2. The molecule has 7 heteroatoms. The van der Waals surface area contributed by atoms with E-state index < -0.39 is 11.9 Å². The van der Waals surface area contributed by atoms with Crippen molar-refractivity contribution in [2.24, 2.45) is 5.92 Å². The molecule has 1 saturated carbocycles. The van der Waals surface area contributed by atoms with Crippen molar-refractivity contribution >= 4 is 27.9 Å². The molecule has 3 atom stereocenters. The maximum Gasteiger partial charge on any atom is 0.317 e. The zero-order valence-corrected chi connectivity index (χ0v) is 13.3. The first-order valence-corrected chi connectivity index (χ1v) is 7.98. The number of amides is 2. The maximum atomic E-state index is 13.5. The summed E-state index contributed by atoms with van der Waals surface area (Å²) in [5.41, 5.74) is 0.871. The van der Waals surface area contributed by atoms with Crippen molar-refractivity contribution in [3.05, 3.63) is 34.1 Å².